The third-order valence-electron chi connectivity index (χ3n) is 2.66. The smallest absolute Gasteiger partial charge is 0.296 e. The van der Waals surface area contributed by atoms with Crippen LogP contribution in [0.1, 0.15) is 10.5 Å². The number of para-hydroxylation sites is 1. The number of hydrogen-bond donors (Lipinski definition) is 2. The molecule has 0 atom stereocenters. The minimum Gasteiger partial charge on any atom is -0.505 e. The van der Waals surface area contributed by atoms with Gasteiger partial charge in [-0.05, 0) is 12.1 Å². The third kappa shape index (κ3) is 2.57. The lowest BCUT2D eigenvalue weighted by atomic mass is 10.2. The molecule has 0 aliphatic rings. The number of aryl methyl sites for hydroxylation is 1. The quantitative estimate of drug-likeness (QED) is 0.516. The first-order chi connectivity index (χ1) is 9.40. The number of nitro groups is 1. The molecule has 0 saturated carbocycles. The van der Waals surface area contributed by atoms with E-state index in [1.165, 1.54) is 35.0 Å². The van der Waals surface area contributed by atoms with Crippen LogP contribution in [-0.2, 0) is 7.05 Å². The highest BCUT2D eigenvalue weighted by molar-refractivity contribution is 6.31. The molecule has 0 fully saturated rings. The van der Waals surface area contributed by atoms with Gasteiger partial charge in [-0.2, -0.15) is 0 Å². The Kier molecular flexibility index (Phi) is 3.62. The average molecular weight is 296 g/mol. The van der Waals surface area contributed by atoms with E-state index in [4.69, 9.17) is 11.6 Å². The van der Waals surface area contributed by atoms with Gasteiger partial charge in [-0.25, -0.2) is 0 Å². The van der Waals surface area contributed by atoms with E-state index < -0.39 is 16.5 Å². The second kappa shape index (κ2) is 5.22. The Hall–Kier alpha value is -2.54. The molecule has 0 saturated heterocycles. The second-order valence-electron chi connectivity index (χ2n) is 4.04. The number of carbonyl (C=O) groups excluding carboxylic acids is 1. The molecule has 1 heterocycles. The van der Waals surface area contributed by atoms with E-state index in [1.807, 2.05) is 0 Å². The van der Waals surface area contributed by atoms with Crippen LogP contribution in [0, 0.1) is 10.1 Å². The number of nitro benzene ring substituents is 1. The molecule has 0 aliphatic heterocycles. The Balaban J connectivity index is 2.37. The number of anilines is 1. The highest BCUT2D eigenvalue weighted by Crippen LogP contribution is 2.33. The Morgan fingerprint density at radius 3 is 2.75 bits per heavy atom. The number of aromatic hydroxyl groups is 1. The summed E-state index contributed by atoms with van der Waals surface area (Å²) in [4.78, 5) is 22.2. The molecule has 2 N–H and O–H groups in total. The van der Waals surface area contributed by atoms with Gasteiger partial charge >= 0.3 is 0 Å². The number of phenolic OH excluding ortho intramolecular Hbond substituents is 1. The van der Waals surface area contributed by atoms with E-state index in [9.17, 15) is 20.0 Å². The first-order valence-electron chi connectivity index (χ1n) is 5.49. The summed E-state index contributed by atoms with van der Waals surface area (Å²) in [6.45, 7) is 0. The minimum atomic E-state index is -0.687. The van der Waals surface area contributed by atoms with Gasteiger partial charge in [0.2, 0.25) is 0 Å². The van der Waals surface area contributed by atoms with Crippen molar-refractivity contribution in [3.63, 3.8) is 0 Å². The summed E-state index contributed by atoms with van der Waals surface area (Å²) in [6.07, 6.45) is 1.52. The maximum absolute atomic E-state index is 12.1. The molecular formula is C12H10ClN3O4. The van der Waals surface area contributed by atoms with Crippen LogP contribution in [0.15, 0.2) is 30.5 Å². The summed E-state index contributed by atoms with van der Waals surface area (Å²) in [7, 11) is 1.61. The SMILES string of the molecule is Cn1cc(Cl)cc1C(=O)Nc1c(O)cccc1[N+](=O)[O-]. The molecule has 8 heteroatoms. The number of nitrogens with one attached hydrogen (secondary N) is 1. The van der Waals surface area contributed by atoms with Gasteiger partial charge < -0.3 is 15.0 Å². The van der Waals surface area contributed by atoms with Crippen molar-refractivity contribution in [2.24, 2.45) is 7.05 Å². The molecule has 2 aromatic rings. The topological polar surface area (TPSA) is 97.4 Å². The largest absolute Gasteiger partial charge is 0.505 e. The van der Waals surface area contributed by atoms with Crippen LogP contribution >= 0.6 is 11.6 Å². The van der Waals surface area contributed by atoms with Gasteiger partial charge in [-0.15, -0.1) is 0 Å². The van der Waals surface area contributed by atoms with Crippen molar-refractivity contribution in [1.82, 2.24) is 4.57 Å². The number of halogens is 1. The molecule has 104 valence electrons. The zero-order valence-electron chi connectivity index (χ0n) is 10.3. The molecule has 1 amide bonds. The van der Waals surface area contributed by atoms with Crippen molar-refractivity contribution in [2.45, 2.75) is 0 Å². The molecule has 0 radical (unpaired) electrons. The summed E-state index contributed by atoms with van der Waals surface area (Å²) < 4.78 is 1.48. The monoisotopic (exact) mass is 295 g/mol. The molecule has 2 rings (SSSR count). The Bertz CT molecular complexity index is 696. The molecule has 0 unspecified atom stereocenters. The van der Waals surface area contributed by atoms with Crippen LogP contribution in [0.3, 0.4) is 0 Å². The number of nitrogens with zero attached hydrogens (tertiary/aromatic N) is 2. The highest BCUT2D eigenvalue weighted by atomic mass is 35.5. The average Bonchev–Trinajstić information content (AvgIpc) is 2.70. The Morgan fingerprint density at radius 1 is 1.50 bits per heavy atom. The number of carbonyl (C=O) groups is 1. The fourth-order valence-corrected chi connectivity index (χ4v) is 1.99. The van der Waals surface area contributed by atoms with E-state index in [0.717, 1.165) is 0 Å². The third-order valence-corrected chi connectivity index (χ3v) is 2.87. The second-order valence-corrected chi connectivity index (χ2v) is 4.47. The molecule has 0 bridgehead atoms. The van der Waals surface area contributed by atoms with Crippen LogP contribution in [-0.4, -0.2) is 20.5 Å². The van der Waals surface area contributed by atoms with Gasteiger partial charge in [0, 0.05) is 19.3 Å². The molecule has 7 nitrogen and oxygen atoms in total. The number of aromatic nitrogens is 1. The predicted molar refractivity (Wildman–Crippen MR) is 73.1 cm³/mol. The summed E-state index contributed by atoms with van der Waals surface area (Å²) in [5, 5.41) is 23.2. The van der Waals surface area contributed by atoms with Crippen molar-refractivity contribution in [3.8, 4) is 5.75 Å². The Morgan fingerprint density at radius 2 is 2.20 bits per heavy atom. The summed E-state index contributed by atoms with van der Waals surface area (Å²) in [5.41, 5.74) is -0.425. The lowest BCUT2D eigenvalue weighted by molar-refractivity contribution is -0.384. The lowest BCUT2D eigenvalue weighted by Crippen LogP contribution is -2.16. The molecule has 1 aromatic heterocycles. The van der Waals surface area contributed by atoms with Crippen LogP contribution in [0.25, 0.3) is 0 Å². The van der Waals surface area contributed by atoms with Gasteiger partial charge in [0.15, 0.2) is 5.69 Å². The maximum atomic E-state index is 12.1. The highest BCUT2D eigenvalue weighted by Gasteiger charge is 2.21. The molecular weight excluding hydrogens is 286 g/mol. The van der Waals surface area contributed by atoms with Crippen LogP contribution in [0.2, 0.25) is 5.02 Å². The fourth-order valence-electron chi connectivity index (χ4n) is 1.74. The van der Waals surface area contributed by atoms with Crippen molar-refractivity contribution in [3.05, 3.63) is 51.3 Å². The normalized spacial score (nSPS) is 10.3. The zero-order chi connectivity index (χ0) is 14.9. The van der Waals surface area contributed by atoms with E-state index >= 15 is 0 Å². The maximum Gasteiger partial charge on any atom is 0.296 e. The number of amides is 1. The van der Waals surface area contributed by atoms with Gasteiger partial charge in [0.1, 0.15) is 11.4 Å². The van der Waals surface area contributed by atoms with Gasteiger partial charge in [0.05, 0.1) is 9.95 Å². The van der Waals surface area contributed by atoms with Gasteiger partial charge in [0.25, 0.3) is 11.6 Å². The van der Waals surface area contributed by atoms with E-state index in [0.29, 0.717) is 5.02 Å². The van der Waals surface area contributed by atoms with E-state index in [2.05, 4.69) is 5.32 Å². The van der Waals surface area contributed by atoms with Crippen molar-refractivity contribution < 1.29 is 14.8 Å². The zero-order valence-corrected chi connectivity index (χ0v) is 11.1. The molecule has 0 spiro atoms. The number of phenols is 1. The van der Waals surface area contributed by atoms with Crippen molar-refractivity contribution >= 4 is 28.9 Å². The van der Waals surface area contributed by atoms with E-state index in [1.54, 1.807) is 7.05 Å². The Labute approximate surface area is 118 Å². The van der Waals surface area contributed by atoms with Crippen LogP contribution in [0.5, 0.6) is 5.75 Å². The number of hydrogen-bond acceptors (Lipinski definition) is 4. The summed E-state index contributed by atoms with van der Waals surface area (Å²) in [5.74, 6) is -0.989. The predicted octanol–water partition coefficient (Wildman–Crippen LogP) is 2.54. The fraction of sp³-hybridized carbons (Fsp3) is 0.0833. The van der Waals surface area contributed by atoms with Crippen molar-refractivity contribution in [2.75, 3.05) is 5.32 Å². The number of benzene rings is 1. The van der Waals surface area contributed by atoms with Gasteiger partial charge in [-0.3, -0.25) is 14.9 Å². The van der Waals surface area contributed by atoms with Gasteiger partial charge in [-0.1, -0.05) is 17.7 Å². The molecule has 1 aromatic carbocycles. The molecule has 20 heavy (non-hydrogen) atoms. The first kappa shape index (κ1) is 13.9. The lowest BCUT2D eigenvalue weighted by Gasteiger charge is -2.08. The van der Waals surface area contributed by atoms with E-state index in [-0.39, 0.29) is 17.1 Å². The standard InChI is InChI=1S/C12H10ClN3O4/c1-15-6-7(13)5-9(15)12(18)14-11-8(16(19)20)3-2-4-10(11)17/h2-6,17H,1H3,(H,14,18). The summed E-state index contributed by atoms with van der Waals surface area (Å²) >= 11 is 5.77. The molecule has 0 aliphatic carbocycles. The minimum absolute atomic E-state index is 0.215. The first-order valence-corrected chi connectivity index (χ1v) is 5.87. The van der Waals surface area contributed by atoms with Crippen molar-refractivity contribution in [1.29, 1.82) is 0 Å². The summed E-state index contributed by atoms with van der Waals surface area (Å²) in [6, 6.07) is 5.18. The van der Waals surface area contributed by atoms with Crippen LogP contribution in [0.4, 0.5) is 11.4 Å². The van der Waals surface area contributed by atoms with Crippen LogP contribution < -0.4 is 5.32 Å². The number of rotatable bonds is 3.